The molecule has 0 aliphatic carbocycles. The van der Waals surface area contributed by atoms with Gasteiger partial charge in [0.15, 0.2) is 5.76 Å². The minimum Gasteiger partial charge on any atom is -0.491 e. The molecule has 128 valence electrons. The van der Waals surface area contributed by atoms with Gasteiger partial charge in [0.25, 0.3) is 5.91 Å². The normalized spacial score (nSPS) is 10.5. The lowest BCUT2D eigenvalue weighted by atomic mass is 10.2. The number of hydrogen-bond donors (Lipinski definition) is 2. The van der Waals surface area contributed by atoms with Crippen LogP contribution < -0.4 is 10.1 Å². The zero-order chi connectivity index (χ0) is 17.7. The van der Waals surface area contributed by atoms with Crippen LogP contribution in [0.4, 0.5) is 5.69 Å². The largest absolute Gasteiger partial charge is 0.491 e. The lowest BCUT2D eigenvalue weighted by molar-refractivity contribution is 0.0694. The molecular formula is C17H18ClNO5. The SMILES string of the molecule is CCCOc1ccc(Cl)cc1NC(=O)c1cc(C(=O)O)c(CC)o1. The number of rotatable bonds is 7. The topological polar surface area (TPSA) is 88.8 Å². The van der Waals surface area contributed by atoms with Crippen LogP contribution in [0, 0.1) is 0 Å². The summed E-state index contributed by atoms with van der Waals surface area (Å²) in [6.45, 7) is 4.21. The number of halogens is 1. The molecule has 1 amide bonds. The van der Waals surface area contributed by atoms with E-state index in [1.807, 2.05) is 6.92 Å². The quantitative estimate of drug-likeness (QED) is 0.779. The predicted octanol–water partition coefficient (Wildman–Crippen LogP) is 4.23. The average Bonchev–Trinajstić information content (AvgIpc) is 2.99. The highest BCUT2D eigenvalue weighted by Gasteiger charge is 2.21. The van der Waals surface area contributed by atoms with E-state index in [4.69, 9.17) is 25.9 Å². The maximum Gasteiger partial charge on any atom is 0.339 e. The van der Waals surface area contributed by atoms with Crippen molar-refractivity contribution in [2.45, 2.75) is 26.7 Å². The molecule has 0 atom stereocenters. The van der Waals surface area contributed by atoms with Crippen LogP contribution in [0.5, 0.6) is 5.75 Å². The van der Waals surface area contributed by atoms with E-state index in [9.17, 15) is 9.59 Å². The van der Waals surface area contributed by atoms with Gasteiger partial charge in [0.2, 0.25) is 0 Å². The van der Waals surface area contributed by atoms with Crippen LogP contribution in [0.3, 0.4) is 0 Å². The van der Waals surface area contributed by atoms with Crippen LogP contribution in [-0.2, 0) is 6.42 Å². The van der Waals surface area contributed by atoms with Gasteiger partial charge in [-0.15, -0.1) is 0 Å². The molecule has 0 saturated heterocycles. The van der Waals surface area contributed by atoms with Gasteiger partial charge in [0.05, 0.1) is 12.3 Å². The summed E-state index contributed by atoms with van der Waals surface area (Å²) in [6, 6.07) is 6.10. The van der Waals surface area contributed by atoms with Gasteiger partial charge in [-0.1, -0.05) is 25.4 Å². The second kappa shape index (κ2) is 7.88. The number of carbonyl (C=O) groups is 2. The van der Waals surface area contributed by atoms with E-state index in [1.165, 1.54) is 6.07 Å². The summed E-state index contributed by atoms with van der Waals surface area (Å²) in [5, 5.41) is 12.2. The van der Waals surface area contributed by atoms with E-state index in [0.29, 0.717) is 29.5 Å². The fourth-order valence-corrected chi connectivity index (χ4v) is 2.28. The molecule has 6 nitrogen and oxygen atoms in total. The van der Waals surface area contributed by atoms with E-state index >= 15 is 0 Å². The third-order valence-electron chi connectivity index (χ3n) is 3.24. The van der Waals surface area contributed by atoms with Gasteiger partial charge in [-0.3, -0.25) is 4.79 Å². The first kappa shape index (κ1) is 17.9. The van der Waals surface area contributed by atoms with Crippen LogP contribution in [0.1, 0.15) is 46.9 Å². The summed E-state index contributed by atoms with van der Waals surface area (Å²) >= 11 is 5.97. The Labute approximate surface area is 144 Å². The van der Waals surface area contributed by atoms with Crippen molar-refractivity contribution in [3.8, 4) is 5.75 Å². The first-order chi connectivity index (χ1) is 11.5. The molecule has 0 unspecified atom stereocenters. The fourth-order valence-electron chi connectivity index (χ4n) is 2.11. The second-order valence-electron chi connectivity index (χ2n) is 5.05. The van der Waals surface area contributed by atoms with Crippen molar-refractivity contribution < 1.29 is 23.8 Å². The Hall–Kier alpha value is -2.47. The van der Waals surface area contributed by atoms with Gasteiger partial charge in [0.1, 0.15) is 17.1 Å². The number of hydrogen-bond acceptors (Lipinski definition) is 4. The van der Waals surface area contributed by atoms with Crippen LogP contribution in [0.2, 0.25) is 5.02 Å². The highest BCUT2D eigenvalue weighted by atomic mass is 35.5. The summed E-state index contributed by atoms with van der Waals surface area (Å²) in [5.74, 6) is -1.05. The summed E-state index contributed by atoms with van der Waals surface area (Å²) in [5.41, 5.74) is 0.378. The van der Waals surface area contributed by atoms with Crippen molar-refractivity contribution in [3.63, 3.8) is 0 Å². The fraction of sp³-hybridized carbons (Fsp3) is 0.294. The molecule has 24 heavy (non-hydrogen) atoms. The predicted molar refractivity (Wildman–Crippen MR) is 90.2 cm³/mol. The average molecular weight is 352 g/mol. The zero-order valence-corrected chi connectivity index (χ0v) is 14.1. The summed E-state index contributed by atoms with van der Waals surface area (Å²) in [7, 11) is 0. The van der Waals surface area contributed by atoms with Crippen LogP contribution in [0.15, 0.2) is 28.7 Å². The molecule has 7 heteroatoms. The van der Waals surface area contributed by atoms with Crippen molar-refractivity contribution in [2.75, 3.05) is 11.9 Å². The minimum atomic E-state index is -1.13. The molecular weight excluding hydrogens is 334 g/mol. The minimum absolute atomic E-state index is 0.0174. The summed E-state index contributed by atoms with van der Waals surface area (Å²) < 4.78 is 10.9. The number of aromatic carboxylic acids is 1. The molecule has 0 fully saturated rings. The van der Waals surface area contributed by atoms with E-state index in [0.717, 1.165) is 6.42 Å². The maximum absolute atomic E-state index is 12.4. The number of ether oxygens (including phenoxy) is 1. The van der Waals surface area contributed by atoms with Crippen molar-refractivity contribution in [1.82, 2.24) is 0 Å². The number of benzene rings is 1. The Morgan fingerprint density at radius 2 is 2.04 bits per heavy atom. The number of nitrogens with one attached hydrogen (secondary N) is 1. The second-order valence-corrected chi connectivity index (χ2v) is 5.49. The Morgan fingerprint density at radius 3 is 2.62 bits per heavy atom. The number of furan rings is 1. The molecule has 0 radical (unpaired) electrons. The highest BCUT2D eigenvalue weighted by Crippen LogP contribution is 2.29. The number of carboxylic acid groups (broad SMARTS) is 1. The molecule has 2 aromatic rings. The molecule has 1 aromatic carbocycles. The van der Waals surface area contributed by atoms with E-state index in [-0.39, 0.29) is 17.1 Å². The number of anilines is 1. The van der Waals surface area contributed by atoms with E-state index < -0.39 is 11.9 Å². The van der Waals surface area contributed by atoms with Crippen molar-refractivity contribution >= 4 is 29.2 Å². The summed E-state index contributed by atoms with van der Waals surface area (Å²) in [6.07, 6.45) is 1.19. The smallest absolute Gasteiger partial charge is 0.339 e. The van der Waals surface area contributed by atoms with Crippen LogP contribution in [-0.4, -0.2) is 23.6 Å². The molecule has 0 saturated carbocycles. The number of carboxylic acids is 1. The molecule has 2 N–H and O–H groups in total. The Bertz CT molecular complexity index is 753. The Kier molecular flexibility index (Phi) is 5.87. The number of carbonyl (C=O) groups excluding carboxylic acids is 1. The molecule has 1 heterocycles. The zero-order valence-electron chi connectivity index (χ0n) is 13.4. The lowest BCUT2D eigenvalue weighted by Crippen LogP contribution is -2.12. The van der Waals surface area contributed by atoms with Gasteiger partial charge >= 0.3 is 5.97 Å². The van der Waals surface area contributed by atoms with Crippen LogP contribution >= 0.6 is 11.6 Å². The van der Waals surface area contributed by atoms with Gasteiger partial charge in [0, 0.05) is 17.5 Å². The lowest BCUT2D eigenvalue weighted by Gasteiger charge is -2.11. The molecule has 1 aromatic heterocycles. The standard InChI is InChI=1S/C17H18ClNO5/c1-3-7-23-14-6-5-10(18)8-12(14)19-16(20)15-9-11(17(21)22)13(4-2)24-15/h5-6,8-9H,3-4,7H2,1-2H3,(H,19,20)(H,21,22). The summed E-state index contributed by atoms with van der Waals surface area (Å²) in [4.78, 5) is 23.5. The number of amides is 1. The van der Waals surface area contributed by atoms with Crippen molar-refractivity contribution in [2.24, 2.45) is 0 Å². The van der Waals surface area contributed by atoms with Crippen molar-refractivity contribution in [3.05, 3.63) is 46.4 Å². The van der Waals surface area contributed by atoms with Crippen LogP contribution in [0.25, 0.3) is 0 Å². The third kappa shape index (κ3) is 4.08. The first-order valence-corrected chi connectivity index (χ1v) is 7.93. The third-order valence-corrected chi connectivity index (χ3v) is 3.47. The maximum atomic E-state index is 12.4. The molecule has 0 aliphatic rings. The molecule has 0 spiro atoms. The highest BCUT2D eigenvalue weighted by molar-refractivity contribution is 6.31. The molecule has 0 aliphatic heterocycles. The molecule has 2 rings (SSSR count). The Balaban J connectivity index is 2.26. The van der Waals surface area contributed by atoms with Gasteiger partial charge in [-0.05, 0) is 24.6 Å². The monoisotopic (exact) mass is 351 g/mol. The Morgan fingerprint density at radius 1 is 1.29 bits per heavy atom. The van der Waals surface area contributed by atoms with Gasteiger partial charge < -0.3 is 19.6 Å². The first-order valence-electron chi connectivity index (χ1n) is 7.56. The van der Waals surface area contributed by atoms with E-state index in [1.54, 1.807) is 25.1 Å². The van der Waals surface area contributed by atoms with E-state index in [2.05, 4.69) is 5.32 Å². The molecule has 0 bridgehead atoms. The van der Waals surface area contributed by atoms with Gasteiger partial charge in [-0.25, -0.2) is 4.79 Å². The van der Waals surface area contributed by atoms with Crippen molar-refractivity contribution in [1.29, 1.82) is 0 Å². The number of aryl methyl sites for hydroxylation is 1. The van der Waals surface area contributed by atoms with Gasteiger partial charge in [-0.2, -0.15) is 0 Å².